The zero-order valence-corrected chi connectivity index (χ0v) is 23.1. The summed E-state index contributed by atoms with van der Waals surface area (Å²) >= 11 is 0. The van der Waals surface area contributed by atoms with Crippen molar-refractivity contribution in [1.29, 1.82) is 0 Å². The molecule has 0 radical (unpaired) electrons. The molecule has 2 fully saturated rings. The largest absolute Gasteiger partial charge is 0.465 e. The number of aliphatic hydroxyl groups excluding tert-OH is 1. The fourth-order valence-electron chi connectivity index (χ4n) is 7.19. The highest BCUT2D eigenvalue weighted by atomic mass is 16.6. The van der Waals surface area contributed by atoms with Crippen LogP contribution in [0.4, 0.5) is 0 Å². The van der Waals surface area contributed by atoms with Gasteiger partial charge < -0.3 is 24.4 Å². The number of aliphatic hydroxyl groups is 1. The van der Waals surface area contributed by atoms with Crippen molar-refractivity contribution in [2.75, 3.05) is 19.8 Å². The van der Waals surface area contributed by atoms with E-state index < -0.39 is 41.1 Å². The van der Waals surface area contributed by atoms with Gasteiger partial charge in [-0.25, -0.2) is 0 Å². The van der Waals surface area contributed by atoms with Crippen molar-refractivity contribution in [1.82, 2.24) is 9.80 Å². The molecule has 210 valence electrons. The van der Waals surface area contributed by atoms with E-state index >= 15 is 0 Å². The van der Waals surface area contributed by atoms with Gasteiger partial charge in [0, 0.05) is 12.6 Å². The van der Waals surface area contributed by atoms with Crippen LogP contribution in [0.3, 0.4) is 0 Å². The van der Waals surface area contributed by atoms with Crippen LogP contribution in [-0.2, 0) is 30.3 Å². The minimum atomic E-state index is -1.35. The second kappa shape index (κ2) is 10.9. The van der Waals surface area contributed by atoms with Crippen molar-refractivity contribution >= 4 is 17.8 Å². The van der Waals surface area contributed by atoms with Gasteiger partial charge in [-0.05, 0) is 38.2 Å². The Bertz CT molecular complexity index is 1150. The SMILES string of the molecule is CCCC(C)N1CC=C[C@]23O[C@@]4(CC)C=CCCOC(=O)[C@H]4[C@H]2C(=O)N([C@@H](CO)Cc2ccccc2)C3C1=O. The molecule has 0 aromatic heterocycles. The predicted molar refractivity (Wildman–Crippen MR) is 145 cm³/mol. The van der Waals surface area contributed by atoms with E-state index in [4.69, 9.17) is 9.47 Å². The van der Waals surface area contributed by atoms with Gasteiger partial charge >= 0.3 is 5.97 Å². The Morgan fingerprint density at radius 1 is 1.05 bits per heavy atom. The molecule has 1 N–H and O–H groups in total. The summed E-state index contributed by atoms with van der Waals surface area (Å²) in [5.74, 6) is -2.86. The highest BCUT2D eigenvalue weighted by Crippen LogP contribution is 2.58. The lowest BCUT2D eigenvalue weighted by atomic mass is 9.73. The molecule has 8 heteroatoms. The van der Waals surface area contributed by atoms with E-state index in [1.54, 1.807) is 0 Å². The molecule has 4 aliphatic heterocycles. The molecule has 5 rings (SSSR count). The number of amides is 2. The number of likely N-dealkylation sites (tertiary alicyclic amines) is 1. The van der Waals surface area contributed by atoms with Crippen LogP contribution >= 0.6 is 0 Å². The predicted octanol–water partition coefficient (Wildman–Crippen LogP) is 3.04. The third kappa shape index (κ3) is 4.42. The third-order valence-corrected chi connectivity index (χ3v) is 9.03. The number of cyclic esters (lactones) is 1. The second-order valence-electron chi connectivity index (χ2n) is 11.3. The van der Waals surface area contributed by atoms with Crippen LogP contribution in [0.2, 0.25) is 0 Å². The van der Waals surface area contributed by atoms with Crippen molar-refractivity contribution in [3.05, 3.63) is 60.2 Å². The minimum absolute atomic E-state index is 0.0416. The maximum Gasteiger partial charge on any atom is 0.313 e. The zero-order valence-electron chi connectivity index (χ0n) is 23.1. The van der Waals surface area contributed by atoms with Crippen LogP contribution in [-0.4, -0.2) is 81.8 Å². The van der Waals surface area contributed by atoms with Gasteiger partial charge in [-0.1, -0.05) is 74.9 Å². The van der Waals surface area contributed by atoms with E-state index in [0.29, 0.717) is 25.8 Å². The van der Waals surface area contributed by atoms with Gasteiger partial charge in [-0.3, -0.25) is 14.4 Å². The molecule has 1 spiro atoms. The maximum atomic E-state index is 14.6. The standard InChI is InChI=1S/C31H40N2O6/c1-4-12-21(3)32-17-11-16-31-24(25-29(37)38-18-10-9-15-30(25,5-2)39-31)27(35)33(26(31)28(32)36)23(20-34)19-22-13-7-6-8-14-22/h6-9,11,13-16,21,23-26,34H,4-5,10,12,17-20H2,1-3H3/t21?,23-,24+,25-,26?,30+,31+/m1/s1. The van der Waals surface area contributed by atoms with Crippen LogP contribution in [0, 0.1) is 11.8 Å². The van der Waals surface area contributed by atoms with E-state index in [9.17, 15) is 19.5 Å². The molecular weight excluding hydrogens is 496 g/mol. The van der Waals surface area contributed by atoms with Crippen LogP contribution in [0.5, 0.6) is 0 Å². The lowest BCUT2D eigenvalue weighted by Gasteiger charge is -2.42. The van der Waals surface area contributed by atoms with Gasteiger partial charge in [-0.2, -0.15) is 0 Å². The molecule has 2 saturated heterocycles. The molecule has 4 heterocycles. The zero-order chi connectivity index (χ0) is 27.8. The molecule has 2 amide bonds. The number of carbonyl (C=O) groups excluding carboxylic acids is 3. The summed E-state index contributed by atoms with van der Waals surface area (Å²) in [5, 5.41) is 10.6. The highest BCUT2D eigenvalue weighted by molar-refractivity contribution is 5.99. The monoisotopic (exact) mass is 536 g/mol. The summed E-state index contributed by atoms with van der Waals surface area (Å²) in [6.45, 7) is 6.34. The molecule has 4 aliphatic rings. The number of ether oxygens (including phenoxy) is 2. The first kappa shape index (κ1) is 27.6. The van der Waals surface area contributed by atoms with E-state index in [1.807, 2.05) is 73.4 Å². The normalized spacial score (nSPS) is 33.5. The minimum Gasteiger partial charge on any atom is -0.465 e. The Labute approximate surface area is 230 Å². The Hall–Kier alpha value is -2.97. The maximum absolute atomic E-state index is 14.6. The smallest absolute Gasteiger partial charge is 0.313 e. The van der Waals surface area contributed by atoms with Crippen molar-refractivity contribution in [2.45, 2.75) is 82.2 Å². The number of fused-ring (bicyclic) bond motifs is 2. The number of benzene rings is 1. The topological polar surface area (TPSA) is 96.4 Å². The quantitative estimate of drug-likeness (QED) is 0.405. The number of hydrogen-bond acceptors (Lipinski definition) is 6. The average Bonchev–Trinajstić information content (AvgIpc) is 3.28. The van der Waals surface area contributed by atoms with Gasteiger partial charge in [-0.15, -0.1) is 0 Å². The average molecular weight is 537 g/mol. The highest BCUT2D eigenvalue weighted by Gasteiger charge is 2.76. The molecule has 2 unspecified atom stereocenters. The number of rotatable bonds is 8. The van der Waals surface area contributed by atoms with Crippen molar-refractivity contribution < 1.29 is 29.0 Å². The number of nitrogens with zero attached hydrogens (tertiary/aromatic N) is 2. The Morgan fingerprint density at radius 2 is 1.82 bits per heavy atom. The number of esters is 1. The Kier molecular flexibility index (Phi) is 7.71. The fourth-order valence-corrected chi connectivity index (χ4v) is 7.19. The fraction of sp³-hybridized carbons (Fsp3) is 0.581. The Morgan fingerprint density at radius 3 is 2.51 bits per heavy atom. The molecular formula is C31H40N2O6. The molecule has 39 heavy (non-hydrogen) atoms. The lowest BCUT2D eigenvalue weighted by molar-refractivity contribution is -0.164. The van der Waals surface area contributed by atoms with Gasteiger partial charge in [0.05, 0.1) is 25.2 Å². The van der Waals surface area contributed by atoms with Crippen LogP contribution in [0.15, 0.2) is 54.6 Å². The van der Waals surface area contributed by atoms with Crippen molar-refractivity contribution in [3.8, 4) is 0 Å². The first-order chi connectivity index (χ1) is 18.8. The van der Waals surface area contributed by atoms with Gasteiger partial charge in [0.25, 0.3) is 0 Å². The molecule has 1 aromatic carbocycles. The number of hydrogen-bond donors (Lipinski definition) is 1. The Balaban J connectivity index is 1.66. The summed E-state index contributed by atoms with van der Waals surface area (Å²) in [7, 11) is 0. The van der Waals surface area contributed by atoms with Crippen LogP contribution < -0.4 is 0 Å². The van der Waals surface area contributed by atoms with Crippen LogP contribution in [0.25, 0.3) is 0 Å². The molecule has 8 nitrogen and oxygen atoms in total. The van der Waals surface area contributed by atoms with E-state index in [1.165, 1.54) is 4.90 Å². The van der Waals surface area contributed by atoms with E-state index in [0.717, 1.165) is 18.4 Å². The number of carbonyl (C=O) groups is 3. The second-order valence-corrected chi connectivity index (χ2v) is 11.3. The third-order valence-electron chi connectivity index (χ3n) is 9.03. The van der Waals surface area contributed by atoms with Gasteiger partial charge in [0.1, 0.15) is 23.2 Å². The molecule has 0 aliphatic carbocycles. The summed E-state index contributed by atoms with van der Waals surface area (Å²) in [6.07, 6.45) is 10.7. The van der Waals surface area contributed by atoms with Crippen molar-refractivity contribution in [3.63, 3.8) is 0 Å². The molecule has 7 atom stereocenters. The first-order valence-corrected chi connectivity index (χ1v) is 14.3. The summed E-state index contributed by atoms with van der Waals surface area (Å²) in [6, 6.07) is 7.91. The van der Waals surface area contributed by atoms with Crippen molar-refractivity contribution in [2.24, 2.45) is 11.8 Å². The summed E-state index contributed by atoms with van der Waals surface area (Å²) in [4.78, 5) is 46.0. The van der Waals surface area contributed by atoms with Gasteiger partial charge in [0.15, 0.2) is 0 Å². The summed E-state index contributed by atoms with van der Waals surface area (Å²) < 4.78 is 12.6. The van der Waals surface area contributed by atoms with Crippen LogP contribution in [0.1, 0.15) is 52.0 Å². The first-order valence-electron chi connectivity index (χ1n) is 14.3. The molecule has 0 saturated carbocycles. The van der Waals surface area contributed by atoms with E-state index in [2.05, 4.69) is 6.92 Å². The lowest BCUT2D eigenvalue weighted by Crippen LogP contribution is -2.60. The summed E-state index contributed by atoms with van der Waals surface area (Å²) in [5.41, 5.74) is -1.47. The van der Waals surface area contributed by atoms with E-state index in [-0.39, 0.29) is 31.1 Å². The molecule has 1 aromatic rings. The van der Waals surface area contributed by atoms with Gasteiger partial charge in [0.2, 0.25) is 11.8 Å². The molecule has 0 bridgehead atoms.